The number of benzene rings is 1. The second kappa shape index (κ2) is 5.40. The van der Waals surface area contributed by atoms with Crippen LogP contribution in [0.15, 0.2) is 36.7 Å². The highest BCUT2D eigenvalue weighted by molar-refractivity contribution is 14.1. The maximum Gasteiger partial charge on any atom is 0.141 e. The lowest BCUT2D eigenvalue weighted by molar-refractivity contribution is 0.370. The van der Waals surface area contributed by atoms with E-state index in [-0.39, 0.29) is 0 Å². The zero-order valence-electron chi connectivity index (χ0n) is 10.1. The van der Waals surface area contributed by atoms with Gasteiger partial charge in [-0.25, -0.2) is 4.98 Å². The van der Waals surface area contributed by atoms with Gasteiger partial charge in [-0.3, -0.25) is 0 Å². The van der Waals surface area contributed by atoms with Crippen molar-refractivity contribution in [2.45, 2.75) is 18.9 Å². The molecule has 2 heterocycles. The molecule has 0 radical (unpaired) electrons. The van der Waals surface area contributed by atoms with Crippen LogP contribution in [0.5, 0.6) is 0 Å². The van der Waals surface area contributed by atoms with Crippen molar-refractivity contribution in [2.75, 3.05) is 13.1 Å². The number of rotatable bonds is 2. The molecule has 1 aliphatic heterocycles. The normalized spacial score (nSPS) is 16.9. The van der Waals surface area contributed by atoms with E-state index < -0.39 is 0 Å². The summed E-state index contributed by atoms with van der Waals surface area (Å²) in [4.78, 5) is 4.56. The molecule has 0 amide bonds. The zero-order chi connectivity index (χ0) is 12.4. The molecule has 1 aliphatic rings. The number of piperidine rings is 1. The Labute approximate surface area is 121 Å². The Balaban J connectivity index is 1.98. The van der Waals surface area contributed by atoms with Crippen molar-refractivity contribution in [1.29, 1.82) is 0 Å². The molecule has 0 spiro atoms. The van der Waals surface area contributed by atoms with Crippen molar-refractivity contribution in [3.05, 3.63) is 40.2 Å². The first kappa shape index (κ1) is 12.2. The van der Waals surface area contributed by atoms with Gasteiger partial charge in [0.25, 0.3) is 0 Å². The van der Waals surface area contributed by atoms with E-state index in [0.717, 1.165) is 18.9 Å². The summed E-state index contributed by atoms with van der Waals surface area (Å²) >= 11 is 2.38. The number of hydrogen-bond acceptors (Lipinski definition) is 2. The number of hydrogen-bond donors (Lipinski definition) is 1. The monoisotopic (exact) mass is 353 g/mol. The first-order valence-corrected chi connectivity index (χ1v) is 7.42. The smallest absolute Gasteiger partial charge is 0.141 e. The molecular formula is C14H16IN3. The van der Waals surface area contributed by atoms with Gasteiger partial charge >= 0.3 is 0 Å². The van der Waals surface area contributed by atoms with Gasteiger partial charge in [-0.05, 0) is 54.6 Å². The summed E-state index contributed by atoms with van der Waals surface area (Å²) in [5, 5.41) is 3.41. The quantitative estimate of drug-likeness (QED) is 0.841. The third-order valence-electron chi connectivity index (χ3n) is 3.49. The maximum atomic E-state index is 4.56. The molecule has 1 fully saturated rings. The van der Waals surface area contributed by atoms with Gasteiger partial charge in [-0.15, -0.1) is 0 Å². The first-order chi connectivity index (χ1) is 8.86. The Morgan fingerprint density at radius 3 is 2.78 bits per heavy atom. The Morgan fingerprint density at radius 1 is 1.22 bits per heavy atom. The van der Waals surface area contributed by atoms with E-state index in [1.807, 2.05) is 6.20 Å². The summed E-state index contributed by atoms with van der Waals surface area (Å²) < 4.78 is 3.61. The number of aromatic nitrogens is 2. The molecule has 0 aliphatic carbocycles. The Bertz CT molecular complexity index is 529. The average Bonchev–Trinajstić information content (AvgIpc) is 2.89. The van der Waals surface area contributed by atoms with Crippen molar-refractivity contribution in [1.82, 2.24) is 14.9 Å². The minimum atomic E-state index is 0.583. The van der Waals surface area contributed by atoms with E-state index in [1.165, 1.54) is 22.0 Å². The van der Waals surface area contributed by atoms with Gasteiger partial charge in [0, 0.05) is 27.6 Å². The van der Waals surface area contributed by atoms with Gasteiger partial charge in [-0.1, -0.05) is 18.2 Å². The second-order valence-electron chi connectivity index (χ2n) is 4.62. The second-order valence-corrected chi connectivity index (χ2v) is 5.78. The molecule has 2 aromatic rings. The van der Waals surface area contributed by atoms with E-state index >= 15 is 0 Å². The van der Waals surface area contributed by atoms with Crippen molar-refractivity contribution in [2.24, 2.45) is 0 Å². The number of nitrogens with one attached hydrogen (secondary N) is 1. The number of nitrogens with zero attached hydrogens (tertiary/aromatic N) is 2. The van der Waals surface area contributed by atoms with Crippen LogP contribution in [0, 0.1) is 3.57 Å². The standard InChI is InChI=1S/C14H16IN3/c15-13-4-2-1-3-12(13)14-17-9-10-18(14)11-5-7-16-8-6-11/h1-4,9-11,16H,5-8H2. The highest BCUT2D eigenvalue weighted by Crippen LogP contribution is 2.28. The Morgan fingerprint density at radius 2 is 2.00 bits per heavy atom. The molecule has 0 unspecified atom stereocenters. The van der Waals surface area contributed by atoms with Crippen molar-refractivity contribution in [3.63, 3.8) is 0 Å². The summed E-state index contributed by atoms with van der Waals surface area (Å²) in [6.45, 7) is 2.21. The molecule has 0 saturated carbocycles. The topological polar surface area (TPSA) is 29.9 Å². The summed E-state index contributed by atoms with van der Waals surface area (Å²) in [6.07, 6.45) is 6.41. The molecule has 0 bridgehead atoms. The van der Waals surface area contributed by atoms with Gasteiger partial charge in [0.2, 0.25) is 0 Å². The molecule has 94 valence electrons. The highest BCUT2D eigenvalue weighted by Gasteiger charge is 2.18. The van der Waals surface area contributed by atoms with Gasteiger partial charge in [0.05, 0.1) is 0 Å². The summed E-state index contributed by atoms with van der Waals surface area (Å²) in [5.74, 6) is 1.10. The molecule has 1 saturated heterocycles. The minimum Gasteiger partial charge on any atom is -0.328 e. The van der Waals surface area contributed by atoms with Crippen molar-refractivity contribution >= 4 is 22.6 Å². The Kier molecular flexibility index (Phi) is 3.65. The maximum absolute atomic E-state index is 4.56. The molecular weight excluding hydrogens is 337 g/mol. The lowest BCUT2D eigenvalue weighted by Gasteiger charge is -2.25. The van der Waals surface area contributed by atoms with Crippen LogP contribution in [0.25, 0.3) is 11.4 Å². The van der Waals surface area contributed by atoms with Crippen LogP contribution in [0.4, 0.5) is 0 Å². The zero-order valence-corrected chi connectivity index (χ0v) is 12.3. The third-order valence-corrected chi connectivity index (χ3v) is 4.43. The van der Waals surface area contributed by atoms with Crippen LogP contribution >= 0.6 is 22.6 Å². The molecule has 18 heavy (non-hydrogen) atoms. The van der Waals surface area contributed by atoms with Crippen LogP contribution in [0.2, 0.25) is 0 Å². The molecule has 1 aromatic heterocycles. The fourth-order valence-corrected chi connectivity index (χ4v) is 3.17. The van der Waals surface area contributed by atoms with Gasteiger partial charge < -0.3 is 9.88 Å². The molecule has 3 rings (SSSR count). The lowest BCUT2D eigenvalue weighted by Crippen LogP contribution is -2.29. The minimum absolute atomic E-state index is 0.583. The first-order valence-electron chi connectivity index (χ1n) is 6.35. The van der Waals surface area contributed by atoms with E-state index in [9.17, 15) is 0 Å². The fraction of sp³-hybridized carbons (Fsp3) is 0.357. The van der Waals surface area contributed by atoms with Crippen LogP contribution < -0.4 is 5.32 Å². The third kappa shape index (κ3) is 2.31. The predicted molar refractivity (Wildman–Crippen MR) is 81.5 cm³/mol. The van der Waals surface area contributed by atoms with Crippen molar-refractivity contribution in [3.8, 4) is 11.4 Å². The molecule has 1 aromatic carbocycles. The highest BCUT2D eigenvalue weighted by atomic mass is 127. The fourth-order valence-electron chi connectivity index (χ4n) is 2.54. The van der Waals surface area contributed by atoms with Crippen molar-refractivity contribution < 1.29 is 0 Å². The van der Waals surface area contributed by atoms with E-state index in [0.29, 0.717) is 6.04 Å². The molecule has 1 N–H and O–H groups in total. The average molecular weight is 353 g/mol. The van der Waals surface area contributed by atoms with Crippen LogP contribution in [0.3, 0.4) is 0 Å². The van der Waals surface area contributed by atoms with Gasteiger partial charge in [0.15, 0.2) is 0 Å². The molecule has 0 atom stereocenters. The number of halogens is 1. The van der Waals surface area contributed by atoms with E-state index in [4.69, 9.17) is 0 Å². The summed E-state index contributed by atoms with van der Waals surface area (Å²) in [7, 11) is 0. The van der Waals surface area contributed by atoms with E-state index in [1.54, 1.807) is 0 Å². The van der Waals surface area contributed by atoms with Gasteiger partial charge in [0.1, 0.15) is 5.82 Å². The van der Waals surface area contributed by atoms with E-state index in [2.05, 4.69) is 67.9 Å². The summed E-state index contributed by atoms with van der Waals surface area (Å²) in [6, 6.07) is 9.03. The molecule has 4 heteroatoms. The SMILES string of the molecule is Ic1ccccc1-c1nccn1C1CCNCC1. The summed E-state index contributed by atoms with van der Waals surface area (Å²) in [5.41, 5.74) is 1.24. The van der Waals surface area contributed by atoms with Gasteiger partial charge in [-0.2, -0.15) is 0 Å². The Hall–Kier alpha value is -0.880. The largest absolute Gasteiger partial charge is 0.328 e. The number of imidazole rings is 1. The molecule has 3 nitrogen and oxygen atoms in total. The van der Waals surface area contributed by atoms with Crippen LogP contribution in [0.1, 0.15) is 18.9 Å². The lowest BCUT2D eigenvalue weighted by atomic mass is 10.1. The van der Waals surface area contributed by atoms with Crippen LogP contribution in [-0.4, -0.2) is 22.6 Å². The van der Waals surface area contributed by atoms with Crippen LogP contribution in [-0.2, 0) is 0 Å². The predicted octanol–water partition coefficient (Wildman–Crippen LogP) is 3.08.